The van der Waals surface area contributed by atoms with Crippen LogP contribution in [0.2, 0.25) is 0 Å². The normalized spacial score (nSPS) is 17.1. The molecule has 0 atom stereocenters. The SMILES string of the molecule is COc1c(C)ccc(CN2CCNCC2)c1Br. The van der Waals surface area contributed by atoms with Crippen molar-refractivity contribution in [1.82, 2.24) is 10.2 Å². The Hall–Kier alpha value is -0.580. The van der Waals surface area contributed by atoms with Crippen LogP contribution in [0.5, 0.6) is 5.75 Å². The van der Waals surface area contributed by atoms with Crippen LogP contribution in [0, 0.1) is 6.92 Å². The van der Waals surface area contributed by atoms with Gasteiger partial charge in [0.15, 0.2) is 0 Å². The quantitative estimate of drug-likeness (QED) is 0.926. The second-order valence-corrected chi connectivity index (χ2v) is 5.21. The standard InChI is InChI=1S/C13H19BrN2O/c1-10-3-4-11(12(14)13(10)17-2)9-16-7-5-15-6-8-16/h3-4,15H,5-9H2,1-2H3. The molecule has 1 N–H and O–H groups in total. The van der Waals surface area contributed by atoms with Crippen LogP contribution in [-0.2, 0) is 6.54 Å². The van der Waals surface area contributed by atoms with Crippen molar-refractivity contribution in [2.24, 2.45) is 0 Å². The third-order valence-electron chi connectivity index (χ3n) is 3.18. The summed E-state index contributed by atoms with van der Waals surface area (Å²) >= 11 is 3.65. The van der Waals surface area contributed by atoms with Gasteiger partial charge in [0.1, 0.15) is 5.75 Å². The summed E-state index contributed by atoms with van der Waals surface area (Å²) in [6.45, 7) is 7.45. The second-order valence-electron chi connectivity index (χ2n) is 4.41. The summed E-state index contributed by atoms with van der Waals surface area (Å²) in [6.07, 6.45) is 0. The van der Waals surface area contributed by atoms with Gasteiger partial charge in [0, 0.05) is 32.7 Å². The summed E-state index contributed by atoms with van der Waals surface area (Å²) < 4.78 is 6.52. The predicted molar refractivity (Wildman–Crippen MR) is 73.6 cm³/mol. The summed E-state index contributed by atoms with van der Waals surface area (Å²) in [5, 5.41) is 3.37. The van der Waals surface area contributed by atoms with Crippen LogP contribution < -0.4 is 10.1 Å². The summed E-state index contributed by atoms with van der Waals surface area (Å²) in [5.74, 6) is 0.956. The van der Waals surface area contributed by atoms with Crippen LogP contribution in [0.1, 0.15) is 11.1 Å². The Morgan fingerprint density at radius 3 is 2.71 bits per heavy atom. The molecule has 94 valence electrons. The maximum atomic E-state index is 5.43. The average Bonchev–Trinajstić information content (AvgIpc) is 2.35. The van der Waals surface area contributed by atoms with E-state index in [4.69, 9.17) is 4.74 Å². The smallest absolute Gasteiger partial charge is 0.136 e. The average molecular weight is 299 g/mol. The topological polar surface area (TPSA) is 24.5 Å². The molecule has 2 rings (SSSR count). The third kappa shape index (κ3) is 3.00. The zero-order chi connectivity index (χ0) is 12.3. The summed E-state index contributed by atoms with van der Waals surface area (Å²) in [6, 6.07) is 4.31. The van der Waals surface area contributed by atoms with Gasteiger partial charge in [0.25, 0.3) is 0 Å². The monoisotopic (exact) mass is 298 g/mol. The maximum Gasteiger partial charge on any atom is 0.136 e. The fourth-order valence-electron chi connectivity index (χ4n) is 2.18. The third-order valence-corrected chi connectivity index (χ3v) is 4.05. The highest BCUT2D eigenvalue weighted by molar-refractivity contribution is 9.10. The van der Waals surface area contributed by atoms with Crippen molar-refractivity contribution in [1.29, 1.82) is 0 Å². The first kappa shape index (κ1) is 12.9. The summed E-state index contributed by atoms with van der Waals surface area (Å²) in [4.78, 5) is 2.46. The molecule has 17 heavy (non-hydrogen) atoms. The molecular weight excluding hydrogens is 280 g/mol. The van der Waals surface area contributed by atoms with Crippen LogP contribution in [0.15, 0.2) is 16.6 Å². The molecule has 1 aliphatic heterocycles. The molecule has 3 nitrogen and oxygen atoms in total. The zero-order valence-corrected chi connectivity index (χ0v) is 12.0. The van der Waals surface area contributed by atoms with Gasteiger partial charge in [-0.3, -0.25) is 4.90 Å². The minimum absolute atomic E-state index is 0.956. The van der Waals surface area contributed by atoms with Crippen LogP contribution in [0.3, 0.4) is 0 Å². The van der Waals surface area contributed by atoms with E-state index in [2.05, 4.69) is 45.2 Å². The van der Waals surface area contributed by atoms with Crippen molar-refractivity contribution in [3.63, 3.8) is 0 Å². The van der Waals surface area contributed by atoms with Gasteiger partial charge >= 0.3 is 0 Å². The Morgan fingerprint density at radius 2 is 2.06 bits per heavy atom. The number of piperazine rings is 1. The summed E-state index contributed by atoms with van der Waals surface area (Å²) in [5.41, 5.74) is 2.47. The van der Waals surface area contributed by atoms with E-state index in [9.17, 15) is 0 Å². The van der Waals surface area contributed by atoms with Gasteiger partial charge in [-0.2, -0.15) is 0 Å². The van der Waals surface area contributed by atoms with Gasteiger partial charge in [-0.25, -0.2) is 0 Å². The van der Waals surface area contributed by atoms with Gasteiger partial charge in [0.2, 0.25) is 0 Å². The number of hydrogen-bond acceptors (Lipinski definition) is 3. The van der Waals surface area contributed by atoms with E-state index in [1.807, 2.05) is 0 Å². The molecule has 1 fully saturated rings. The molecule has 0 saturated carbocycles. The van der Waals surface area contributed by atoms with E-state index >= 15 is 0 Å². The number of rotatable bonds is 3. The molecule has 0 aromatic heterocycles. The lowest BCUT2D eigenvalue weighted by Gasteiger charge is -2.27. The first-order valence-corrected chi connectivity index (χ1v) is 6.76. The Kier molecular flexibility index (Phi) is 4.42. The highest BCUT2D eigenvalue weighted by atomic mass is 79.9. The van der Waals surface area contributed by atoms with E-state index in [-0.39, 0.29) is 0 Å². The number of halogens is 1. The van der Waals surface area contributed by atoms with E-state index in [0.717, 1.165) is 42.9 Å². The first-order chi connectivity index (χ1) is 8.22. The van der Waals surface area contributed by atoms with Crippen LogP contribution in [0.25, 0.3) is 0 Å². The van der Waals surface area contributed by atoms with Gasteiger partial charge in [0.05, 0.1) is 11.6 Å². The molecule has 0 aliphatic carbocycles. The largest absolute Gasteiger partial charge is 0.495 e. The molecule has 1 aromatic carbocycles. The van der Waals surface area contributed by atoms with Gasteiger partial charge in [-0.05, 0) is 34.0 Å². The molecule has 1 saturated heterocycles. The van der Waals surface area contributed by atoms with E-state index in [1.54, 1.807) is 7.11 Å². The van der Waals surface area contributed by atoms with E-state index in [1.165, 1.54) is 11.1 Å². The number of nitrogens with zero attached hydrogens (tertiary/aromatic N) is 1. The molecule has 0 unspecified atom stereocenters. The molecule has 1 aliphatic rings. The lowest BCUT2D eigenvalue weighted by Crippen LogP contribution is -2.42. The van der Waals surface area contributed by atoms with E-state index < -0.39 is 0 Å². The molecule has 0 radical (unpaired) electrons. The summed E-state index contributed by atoms with van der Waals surface area (Å²) in [7, 11) is 1.72. The fraction of sp³-hybridized carbons (Fsp3) is 0.538. The van der Waals surface area contributed by atoms with Crippen molar-refractivity contribution >= 4 is 15.9 Å². The van der Waals surface area contributed by atoms with Gasteiger partial charge in [-0.1, -0.05) is 12.1 Å². The van der Waals surface area contributed by atoms with Crippen molar-refractivity contribution in [2.75, 3.05) is 33.3 Å². The van der Waals surface area contributed by atoms with Crippen LogP contribution in [0.4, 0.5) is 0 Å². The predicted octanol–water partition coefficient (Wildman–Crippen LogP) is 2.17. The fourth-order valence-corrected chi connectivity index (χ4v) is 2.91. The minimum atomic E-state index is 0.956. The maximum absolute atomic E-state index is 5.43. The number of aryl methyl sites for hydroxylation is 1. The highest BCUT2D eigenvalue weighted by Crippen LogP contribution is 2.32. The number of nitrogens with one attached hydrogen (secondary N) is 1. The number of hydrogen-bond donors (Lipinski definition) is 1. The Bertz CT molecular complexity index is 389. The lowest BCUT2D eigenvalue weighted by molar-refractivity contribution is 0.232. The molecule has 1 aromatic rings. The minimum Gasteiger partial charge on any atom is -0.495 e. The molecule has 1 heterocycles. The van der Waals surface area contributed by atoms with Gasteiger partial charge < -0.3 is 10.1 Å². The highest BCUT2D eigenvalue weighted by Gasteiger charge is 2.14. The molecule has 4 heteroatoms. The number of methoxy groups -OCH3 is 1. The Balaban J connectivity index is 2.15. The van der Waals surface area contributed by atoms with Crippen molar-refractivity contribution in [3.05, 3.63) is 27.7 Å². The van der Waals surface area contributed by atoms with Crippen molar-refractivity contribution < 1.29 is 4.74 Å². The molecule has 0 spiro atoms. The van der Waals surface area contributed by atoms with E-state index in [0.29, 0.717) is 0 Å². The van der Waals surface area contributed by atoms with Crippen LogP contribution >= 0.6 is 15.9 Å². The van der Waals surface area contributed by atoms with Crippen molar-refractivity contribution in [3.8, 4) is 5.75 Å². The second kappa shape index (κ2) is 5.85. The molecular formula is C13H19BrN2O. The Labute approximate surface area is 111 Å². The zero-order valence-electron chi connectivity index (χ0n) is 10.4. The number of benzene rings is 1. The van der Waals surface area contributed by atoms with Crippen LogP contribution in [-0.4, -0.2) is 38.2 Å². The lowest BCUT2D eigenvalue weighted by atomic mass is 10.1. The number of ether oxygens (including phenoxy) is 1. The first-order valence-electron chi connectivity index (χ1n) is 5.97. The molecule has 0 amide bonds. The molecule has 0 bridgehead atoms. The Morgan fingerprint density at radius 1 is 1.35 bits per heavy atom. The van der Waals surface area contributed by atoms with Crippen molar-refractivity contribution in [2.45, 2.75) is 13.5 Å². The van der Waals surface area contributed by atoms with Gasteiger partial charge in [-0.15, -0.1) is 0 Å².